The lowest BCUT2D eigenvalue weighted by Gasteiger charge is -1.97. The first-order chi connectivity index (χ1) is 6.42. The molecule has 0 bridgehead atoms. The summed E-state index contributed by atoms with van der Waals surface area (Å²) < 4.78 is 1.93. The number of fused-ring (bicyclic) bond motifs is 1. The van der Waals surface area contributed by atoms with E-state index in [1.165, 1.54) is 0 Å². The summed E-state index contributed by atoms with van der Waals surface area (Å²) >= 11 is 0. The molecule has 0 spiro atoms. The van der Waals surface area contributed by atoms with Gasteiger partial charge in [-0.3, -0.25) is 4.40 Å². The van der Waals surface area contributed by atoms with Crippen LogP contribution in [0, 0.1) is 0 Å². The zero-order valence-electron chi connectivity index (χ0n) is 7.22. The van der Waals surface area contributed by atoms with Gasteiger partial charge in [0.05, 0.1) is 12.4 Å². The predicted octanol–water partition coefficient (Wildman–Crippen LogP) is 0.0156. The van der Waals surface area contributed by atoms with Crippen LogP contribution in [0.15, 0.2) is 18.6 Å². The van der Waals surface area contributed by atoms with E-state index < -0.39 is 0 Å². The number of nitrogens with two attached hydrogens (primary N) is 1. The summed E-state index contributed by atoms with van der Waals surface area (Å²) in [4.78, 5) is 4.12. The van der Waals surface area contributed by atoms with Gasteiger partial charge in [-0.2, -0.15) is 5.10 Å². The largest absolute Gasteiger partial charge is 0.330 e. The second-order valence-corrected chi connectivity index (χ2v) is 2.83. The van der Waals surface area contributed by atoms with Crippen molar-refractivity contribution in [1.82, 2.24) is 19.6 Å². The van der Waals surface area contributed by atoms with E-state index in [9.17, 15) is 0 Å². The molecule has 68 valence electrons. The Morgan fingerprint density at radius 3 is 3.23 bits per heavy atom. The van der Waals surface area contributed by atoms with Crippen molar-refractivity contribution in [3.8, 4) is 0 Å². The Bertz CT molecular complexity index is 394. The molecule has 0 unspecified atom stereocenters. The van der Waals surface area contributed by atoms with E-state index in [1.807, 2.05) is 16.8 Å². The first-order valence-electron chi connectivity index (χ1n) is 4.25. The van der Waals surface area contributed by atoms with Gasteiger partial charge in [0.15, 0.2) is 0 Å². The predicted molar refractivity (Wildman–Crippen MR) is 48.2 cm³/mol. The molecule has 5 nitrogen and oxygen atoms in total. The molecule has 0 aromatic carbocycles. The van der Waals surface area contributed by atoms with Crippen molar-refractivity contribution in [2.24, 2.45) is 5.73 Å². The molecule has 0 saturated heterocycles. The summed E-state index contributed by atoms with van der Waals surface area (Å²) in [6.45, 7) is 0.700. The van der Waals surface area contributed by atoms with Crippen molar-refractivity contribution in [3.63, 3.8) is 0 Å². The quantitative estimate of drug-likeness (QED) is 0.717. The van der Waals surface area contributed by atoms with Crippen LogP contribution in [0.25, 0.3) is 5.78 Å². The molecule has 0 fully saturated rings. The minimum Gasteiger partial charge on any atom is -0.330 e. The molecule has 0 atom stereocenters. The van der Waals surface area contributed by atoms with Crippen LogP contribution in [0.4, 0.5) is 0 Å². The molecule has 2 rings (SSSR count). The minimum atomic E-state index is 0.648. The van der Waals surface area contributed by atoms with Gasteiger partial charge in [0, 0.05) is 11.9 Å². The highest BCUT2D eigenvalue weighted by atomic mass is 15.2. The van der Waals surface area contributed by atoms with Crippen molar-refractivity contribution < 1.29 is 0 Å². The fourth-order valence-corrected chi connectivity index (χ4v) is 1.27. The van der Waals surface area contributed by atoms with Gasteiger partial charge in [-0.25, -0.2) is 4.98 Å². The number of rotatable bonds is 3. The molecule has 0 aliphatic carbocycles. The van der Waals surface area contributed by atoms with E-state index in [2.05, 4.69) is 15.2 Å². The standard InChI is InChI=1S/C8H11N5/c9-3-1-2-7-6-10-8-12-11-4-5-13(7)8/h4-6H,1-3,9H2. The molecule has 0 radical (unpaired) electrons. The van der Waals surface area contributed by atoms with E-state index in [4.69, 9.17) is 5.73 Å². The van der Waals surface area contributed by atoms with Crippen LogP contribution in [0.3, 0.4) is 0 Å². The highest BCUT2D eigenvalue weighted by Crippen LogP contribution is 2.04. The highest BCUT2D eigenvalue weighted by molar-refractivity contribution is 5.28. The minimum absolute atomic E-state index is 0.648. The van der Waals surface area contributed by atoms with Crippen LogP contribution < -0.4 is 5.73 Å². The number of hydrogen-bond donors (Lipinski definition) is 1. The summed E-state index contributed by atoms with van der Waals surface area (Å²) in [6.07, 6.45) is 7.24. The summed E-state index contributed by atoms with van der Waals surface area (Å²) in [5.74, 6) is 0.648. The third kappa shape index (κ3) is 1.50. The van der Waals surface area contributed by atoms with Crippen molar-refractivity contribution >= 4 is 5.78 Å². The SMILES string of the molecule is NCCCc1cnc2nnccn12. The van der Waals surface area contributed by atoms with Gasteiger partial charge < -0.3 is 5.73 Å². The molecule has 5 heteroatoms. The highest BCUT2D eigenvalue weighted by Gasteiger charge is 2.01. The maximum Gasteiger partial charge on any atom is 0.253 e. The van der Waals surface area contributed by atoms with Gasteiger partial charge in [0.25, 0.3) is 5.78 Å². The van der Waals surface area contributed by atoms with Crippen molar-refractivity contribution in [2.45, 2.75) is 12.8 Å². The van der Waals surface area contributed by atoms with Gasteiger partial charge >= 0.3 is 0 Å². The van der Waals surface area contributed by atoms with Crippen LogP contribution in [0.1, 0.15) is 12.1 Å². The van der Waals surface area contributed by atoms with Crippen LogP contribution in [-0.4, -0.2) is 26.1 Å². The van der Waals surface area contributed by atoms with Gasteiger partial charge in [0.1, 0.15) is 0 Å². The van der Waals surface area contributed by atoms with Gasteiger partial charge in [-0.05, 0) is 19.4 Å². The van der Waals surface area contributed by atoms with Crippen LogP contribution >= 0.6 is 0 Å². The lowest BCUT2D eigenvalue weighted by Crippen LogP contribution is -2.02. The zero-order chi connectivity index (χ0) is 9.10. The monoisotopic (exact) mass is 177 g/mol. The molecule has 0 amide bonds. The van der Waals surface area contributed by atoms with Crippen molar-refractivity contribution in [1.29, 1.82) is 0 Å². The van der Waals surface area contributed by atoms with E-state index in [0.29, 0.717) is 12.3 Å². The second kappa shape index (κ2) is 3.49. The summed E-state index contributed by atoms with van der Waals surface area (Å²) in [5, 5.41) is 7.63. The first kappa shape index (κ1) is 8.12. The van der Waals surface area contributed by atoms with Gasteiger partial charge in [-0.1, -0.05) is 0 Å². The lowest BCUT2D eigenvalue weighted by molar-refractivity contribution is 0.796. The lowest BCUT2D eigenvalue weighted by atomic mass is 10.2. The maximum absolute atomic E-state index is 5.43. The normalized spacial score (nSPS) is 10.8. The fraction of sp³-hybridized carbons (Fsp3) is 0.375. The van der Waals surface area contributed by atoms with Crippen LogP contribution in [0.5, 0.6) is 0 Å². The third-order valence-corrected chi connectivity index (χ3v) is 1.92. The number of aryl methyl sites for hydroxylation is 1. The topological polar surface area (TPSA) is 69.1 Å². The second-order valence-electron chi connectivity index (χ2n) is 2.83. The smallest absolute Gasteiger partial charge is 0.253 e. The number of hydrogen-bond acceptors (Lipinski definition) is 4. The molecular formula is C8H11N5. The Hall–Kier alpha value is -1.49. The molecule has 2 N–H and O–H groups in total. The average molecular weight is 177 g/mol. The third-order valence-electron chi connectivity index (χ3n) is 1.92. The van der Waals surface area contributed by atoms with Crippen LogP contribution in [-0.2, 0) is 6.42 Å². The van der Waals surface area contributed by atoms with Gasteiger partial charge in [0.2, 0.25) is 0 Å². The Balaban J connectivity index is 2.35. The Kier molecular flexibility index (Phi) is 2.18. The average Bonchev–Trinajstić information content (AvgIpc) is 2.58. The van der Waals surface area contributed by atoms with Crippen molar-refractivity contribution in [3.05, 3.63) is 24.3 Å². The summed E-state index contributed by atoms with van der Waals surface area (Å²) in [6, 6.07) is 0. The Labute approximate surface area is 75.6 Å². The number of aromatic nitrogens is 4. The van der Waals surface area contributed by atoms with E-state index >= 15 is 0 Å². The molecule has 0 aliphatic rings. The Morgan fingerprint density at radius 1 is 1.46 bits per heavy atom. The molecule has 2 aromatic rings. The van der Waals surface area contributed by atoms with Crippen molar-refractivity contribution in [2.75, 3.05) is 6.54 Å². The van der Waals surface area contributed by atoms with E-state index in [0.717, 1.165) is 18.5 Å². The molecule has 2 heterocycles. The van der Waals surface area contributed by atoms with Gasteiger partial charge in [-0.15, -0.1) is 5.10 Å². The first-order valence-corrected chi connectivity index (χ1v) is 4.25. The maximum atomic E-state index is 5.43. The summed E-state index contributed by atoms with van der Waals surface area (Å²) in [5.41, 5.74) is 6.57. The molecular weight excluding hydrogens is 166 g/mol. The molecule has 13 heavy (non-hydrogen) atoms. The number of nitrogens with zero attached hydrogens (tertiary/aromatic N) is 4. The fourth-order valence-electron chi connectivity index (χ4n) is 1.27. The molecule has 0 aliphatic heterocycles. The van der Waals surface area contributed by atoms with E-state index in [-0.39, 0.29) is 0 Å². The summed E-state index contributed by atoms with van der Waals surface area (Å²) in [7, 11) is 0. The van der Waals surface area contributed by atoms with E-state index in [1.54, 1.807) is 6.20 Å². The Morgan fingerprint density at radius 2 is 2.38 bits per heavy atom. The van der Waals surface area contributed by atoms with Crippen LogP contribution in [0.2, 0.25) is 0 Å². The zero-order valence-corrected chi connectivity index (χ0v) is 7.22. The molecule has 0 saturated carbocycles. The number of imidazole rings is 1. The molecule has 2 aromatic heterocycles.